The number of ether oxygens (including phenoxy) is 1. The number of carboxylic acid groups (broad SMARTS) is 1. The minimum atomic E-state index is -0.923. The van der Waals surface area contributed by atoms with E-state index in [-0.39, 0.29) is 24.3 Å². The molecule has 200 valence electrons. The third-order valence-corrected chi connectivity index (χ3v) is 7.20. The van der Waals surface area contributed by atoms with Crippen LogP contribution in [0.15, 0.2) is 42.6 Å². The number of carbonyl (C=O) groups is 1. The molecule has 3 aromatic rings. The van der Waals surface area contributed by atoms with Crippen molar-refractivity contribution in [3.05, 3.63) is 59.0 Å². The molecule has 2 fully saturated rings. The number of benzene rings is 1. The second-order valence-corrected chi connectivity index (χ2v) is 10.2. The van der Waals surface area contributed by atoms with Crippen molar-refractivity contribution >= 4 is 35.2 Å². The van der Waals surface area contributed by atoms with Crippen molar-refractivity contribution in [2.75, 3.05) is 54.1 Å². The molecule has 4 heterocycles. The summed E-state index contributed by atoms with van der Waals surface area (Å²) in [7, 11) is 0. The van der Waals surface area contributed by atoms with E-state index in [2.05, 4.69) is 33.5 Å². The predicted molar refractivity (Wildman–Crippen MR) is 145 cm³/mol. The fraction of sp³-hybridized carbons (Fsp3) is 0.407. The molecule has 38 heavy (non-hydrogen) atoms. The van der Waals surface area contributed by atoms with Crippen LogP contribution in [0.5, 0.6) is 0 Å². The van der Waals surface area contributed by atoms with Crippen LogP contribution in [-0.2, 0) is 16.0 Å². The lowest BCUT2D eigenvalue weighted by molar-refractivity contribution is -0.136. The molecular weight excluding hydrogens is 511 g/mol. The van der Waals surface area contributed by atoms with Gasteiger partial charge in [-0.25, -0.2) is 14.4 Å². The van der Waals surface area contributed by atoms with Crippen LogP contribution in [0.1, 0.15) is 19.4 Å². The molecule has 0 unspecified atom stereocenters. The van der Waals surface area contributed by atoms with Crippen molar-refractivity contribution in [3.8, 4) is 11.3 Å². The van der Waals surface area contributed by atoms with Crippen LogP contribution < -0.4 is 14.7 Å². The summed E-state index contributed by atoms with van der Waals surface area (Å²) in [4.78, 5) is 31.8. The summed E-state index contributed by atoms with van der Waals surface area (Å²) in [6.45, 7) is 8.11. The second-order valence-electron chi connectivity index (χ2n) is 9.74. The van der Waals surface area contributed by atoms with Gasteiger partial charge in [0.25, 0.3) is 0 Å². The number of carboxylic acids is 1. The molecule has 0 amide bonds. The van der Waals surface area contributed by atoms with Crippen molar-refractivity contribution in [2.45, 2.75) is 32.4 Å². The molecule has 2 aliphatic rings. The second kappa shape index (κ2) is 11.1. The predicted octanol–water partition coefficient (Wildman–Crippen LogP) is 3.90. The van der Waals surface area contributed by atoms with Gasteiger partial charge < -0.3 is 24.5 Å². The maximum Gasteiger partial charge on any atom is 0.307 e. The third-order valence-electron chi connectivity index (χ3n) is 6.92. The van der Waals surface area contributed by atoms with Crippen molar-refractivity contribution < 1.29 is 19.0 Å². The minimum Gasteiger partial charge on any atom is -0.481 e. The SMILES string of the molecule is C[C@@H]1COCCN1c1nc(-c2ccc(F)cc2)cc(N2CCN(c3ncc(CC(=O)O)cc3Cl)C[C@@H]2C)n1. The van der Waals surface area contributed by atoms with E-state index in [0.29, 0.717) is 61.7 Å². The monoisotopic (exact) mass is 540 g/mol. The van der Waals surface area contributed by atoms with E-state index in [9.17, 15) is 9.18 Å². The van der Waals surface area contributed by atoms with Crippen LogP contribution in [0.2, 0.25) is 5.02 Å². The fourth-order valence-electron chi connectivity index (χ4n) is 4.96. The number of rotatable bonds is 6. The molecular formula is C27H30ClFN6O3. The van der Waals surface area contributed by atoms with Gasteiger partial charge >= 0.3 is 5.97 Å². The Morgan fingerprint density at radius 2 is 1.89 bits per heavy atom. The first-order valence-electron chi connectivity index (χ1n) is 12.7. The number of hydrogen-bond acceptors (Lipinski definition) is 8. The molecule has 11 heteroatoms. The molecule has 0 spiro atoms. The molecule has 2 atom stereocenters. The molecule has 9 nitrogen and oxygen atoms in total. The summed E-state index contributed by atoms with van der Waals surface area (Å²) in [6, 6.07) is 10.2. The van der Waals surface area contributed by atoms with Gasteiger partial charge in [-0.1, -0.05) is 11.6 Å². The molecule has 5 rings (SSSR count). The standard InChI is InChI=1S/C27H30ClFN6O3/c1-17-15-33(26-22(28)11-19(14-30-26)12-25(36)37)7-8-34(17)24-13-23(20-3-5-21(29)6-4-20)31-27(32-24)35-9-10-38-16-18(35)2/h3-6,11,13-14,17-18H,7-10,12,15-16H2,1-2H3,(H,36,37)/t17-,18+/m0/s1. The number of pyridine rings is 1. The molecule has 2 saturated heterocycles. The van der Waals surface area contributed by atoms with E-state index in [1.165, 1.54) is 12.1 Å². The number of aliphatic carboxylic acids is 1. The highest BCUT2D eigenvalue weighted by molar-refractivity contribution is 6.33. The largest absolute Gasteiger partial charge is 0.481 e. The number of hydrogen-bond donors (Lipinski definition) is 1. The number of nitrogens with zero attached hydrogens (tertiary/aromatic N) is 6. The van der Waals surface area contributed by atoms with Crippen molar-refractivity contribution in [1.82, 2.24) is 15.0 Å². The Kier molecular flexibility index (Phi) is 7.62. The Morgan fingerprint density at radius 3 is 2.58 bits per heavy atom. The van der Waals surface area contributed by atoms with Gasteiger partial charge in [-0.15, -0.1) is 0 Å². The summed E-state index contributed by atoms with van der Waals surface area (Å²) in [5.41, 5.74) is 2.12. The van der Waals surface area contributed by atoms with Crippen molar-refractivity contribution in [1.29, 1.82) is 0 Å². The first kappa shape index (κ1) is 26.1. The Hall–Kier alpha value is -3.50. The van der Waals surface area contributed by atoms with E-state index >= 15 is 0 Å². The number of anilines is 3. The first-order chi connectivity index (χ1) is 18.3. The maximum absolute atomic E-state index is 13.6. The van der Waals surface area contributed by atoms with Gasteiger partial charge in [0.1, 0.15) is 17.5 Å². The third kappa shape index (κ3) is 5.66. The van der Waals surface area contributed by atoms with Gasteiger partial charge in [0.15, 0.2) is 0 Å². The van der Waals surface area contributed by atoms with Gasteiger partial charge in [-0.2, -0.15) is 4.98 Å². The summed E-state index contributed by atoms with van der Waals surface area (Å²) in [6.07, 6.45) is 1.45. The van der Waals surface area contributed by atoms with Gasteiger partial charge in [-0.05, 0) is 49.7 Å². The minimum absolute atomic E-state index is 0.0752. The van der Waals surface area contributed by atoms with Crippen LogP contribution in [-0.4, -0.2) is 77.5 Å². The zero-order valence-corrected chi connectivity index (χ0v) is 22.1. The highest BCUT2D eigenvalue weighted by Crippen LogP contribution is 2.31. The summed E-state index contributed by atoms with van der Waals surface area (Å²) in [5, 5.41) is 9.49. The van der Waals surface area contributed by atoms with Gasteiger partial charge in [-0.3, -0.25) is 4.79 Å². The molecule has 0 saturated carbocycles. The average Bonchev–Trinajstić information content (AvgIpc) is 2.89. The van der Waals surface area contributed by atoms with Crippen LogP contribution in [0.25, 0.3) is 11.3 Å². The molecule has 0 radical (unpaired) electrons. The molecule has 2 aromatic heterocycles. The topological polar surface area (TPSA) is 94.9 Å². The molecule has 0 aliphatic carbocycles. The van der Waals surface area contributed by atoms with E-state index < -0.39 is 5.97 Å². The lowest BCUT2D eigenvalue weighted by Crippen LogP contribution is -2.53. The number of piperazine rings is 1. The normalized spacial score (nSPS) is 20.1. The fourth-order valence-corrected chi connectivity index (χ4v) is 5.26. The summed E-state index contributed by atoms with van der Waals surface area (Å²) >= 11 is 6.49. The zero-order chi connectivity index (χ0) is 26.8. The maximum atomic E-state index is 13.6. The molecule has 0 bridgehead atoms. The quantitative estimate of drug-likeness (QED) is 0.499. The number of morpholine rings is 1. The Morgan fingerprint density at radius 1 is 1.11 bits per heavy atom. The average molecular weight is 541 g/mol. The van der Waals surface area contributed by atoms with Gasteiger partial charge in [0, 0.05) is 50.0 Å². The molecule has 1 aromatic carbocycles. The Balaban J connectivity index is 1.42. The van der Waals surface area contributed by atoms with E-state index in [1.807, 2.05) is 6.07 Å². The van der Waals surface area contributed by atoms with Gasteiger partial charge in [0.05, 0.1) is 36.4 Å². The zero-order valence-electron chi connectivity index (χ0n) is 21.3. The first-order valence-corrected chi connectivity index (χ1v) is 13.0. The highest BCUT2D eigenvalue weighted by Gasteiger charge is 2.29. The van der Waals surface area contributed by atoms with Gasteiger partial charge in [0.2, 0.25) is 5.95 Å². The van der Waals surface area contributed by atoms with Crippen molar-refractivity contribution in [3.63, 3.8) is 0 Å². The molecule has 1 N–H and O–H groups in total. The Bertz CT molecular complexity index is 1310. The summed E-state index contributed by atoms with van der Waals surface area (Å²) < 4.78 is 19.2. The van der Waals surface area contributed by atoms with E-state index in [0.717, 1.165) is 17.1 Å². The smallest absolute Gasteiger partial charge is 0.307 e. The van der Waals surface area contributed by atoms with Crippen LogP contribution >= 0.6 is 11.6 Å². The van der Waals surface area contributed by atoms with E-state index in [4.69, 9.17) is 31.4 Å². The number of aromatic nitrogens is 3. The lowest BCUT2D eigenvalue weighted by atomic mass is 10.1. The van der Waals surface area contributed by atoms with Crippen LogP contribution in [0.4, 0.5) is 22.0 Å². The highest BCUT2D eigenvalue weighted by atomic mass is 35.5. The van der Waals surface area contributed by atoms with Crippen LogP contribution in [0.3, 0.4) is 0 Å². The molecule has 2 aliphatic heterocycles. The summed E-state index contributed by atoms with van der Waals surface area (Å²) in [5.74, 6) is 0.860. The van der Waals surface area contributed by atoms with E-state index in [1.54, 1.807) is 24.4 Å². The van der Waals surface area contributed by atoms with Crippen molar-refractivity contribution in [2.24, 2.45) is 0 Å². The lowest BCUT2D eigenvalue weighted by Gasteiger charge is -2.42. The Labute approximate surface area is 225 Å². The number of halogens is 2. The van der Waals surface area contributed by atoms with Crippen LogP contribution in [0, 0.1) is 5.82 Å².